The smallest absolute Gasteiger partial charge is 0.240 e. The molecule has 0 aromatic heterocycles. The SMILES string of the molecule is O=S(=O)(NCCCc1ccc(N2CCCCCC2)cc1)c1ccccc1. The highest BCUT2D eigenvalue weighted by Crippen LogP contribution is 2.20. The normalized spacial score (nSPS) is 15.6. The van der Waals surface area contributed by atoms with Crippen molar-refractivity contribution in [1.82, 2.24) is 4.72 Å². The monoisotopic (exact) mass is 372 g/mol. The lowest BCUT2D eigenvalue weighted by Gasteiger charge is -2.22. The molecule has 1 saturated heterocycles. The highest BCUT2D eigenvalue weighted by molar-refractivity contribution is 7.89. The van der Waals surface area contributed by atoms with Gasteiger partial charge in [-0.1, -0.05) is 43.2 Å². The van der Waals surface area contributed by atoms with Crippen LogP contribution in [0, 0.1) is 0 Å². The van der Waals surface area contributed by atoms with Gasteiger partial charge < -0.3 is 4.90 Å². The minimum absolute atomic E-state index is 0.321. The lowest BCUT2D eigenvalue weighted by atomic mass is 10.1. The molecule has 2 aromatic carbocycles. The van der Waals surface area contributed by atoms with Gasteiger partial charge in [-0.2, -0.15) is 0 Å². The Balaban J connectivity index is 1.46. The summed E-state index contributed by atoms with van der Waals surface area (Å²) in [6, 6.07) is 17.3. The maximum atomic E-state index is 12.2. The zero-order valence-electron chi connectivity index (χ0n) is 15.2. The second-order valence-electron chi connectivity index (χ2n) is 6.88. The van der Waals surface area contributed by atoms with Crippen LogP contribution in [0.3, 0.4) is 0 Å². The molecular weight excluding hydrogens is 344 g/mol. The fourth-order valence-electron chi connectivity index (χ4n) is 3.38. The molecule has 0 amide bonds. The van der Waals surface area contributed by atoms with Crippen LogP contribution in [0.2, 0.25) is 0 Å². The van der Waals surface area contributed by atoms with Crippen LogP contribution in [0.5, 0.6) is 0 Å². The lowest BCUT2D eigenvalue weighted by Crippen LogP contribution is -2.25. The molecule has 0 unspecified atom stereocenters. The van der Waals surface area contributed by atoms with E-state index in [4.69, 9.17) is 0 Å². The largest absolute Gasteiger partial charge is 0.372 e. The first kappa shape index (κ1) is 18.9. The van der Waals surface area contributed by atoms with Gasteiger partial charge in [-0.05, 0) is 55.5 Å². The van der Waals surface area contributed by atoms with Gasteiger partial charge in [-0.15, -0.1) is 0 Å². The minimum Gasteiger partial charge on any atom is -0.372 e. The van der Waals surface area contributed by atoms with Crippen molar-refractivity contribution in [3.8, 4) is 0 Å². The Hall–Kier alpha value is -1.85. The molecule has 3 rings (SSSR count). The molecule has 26 heavy (non-hydrogen) atoms. The Kier molecular flexibility index (Phi) is 6.69. The third kappa shape index (κ3) is 5.32. The molecule has 0 atom stereocenters. The molecule has 0 bridgehead atoms. The molecule has 0 spiro atoms. The minimum atomic E-state index is -3.40. The Morgan fingerprint density at radius 3 is 2.15 bits per heavy atom. The number of hydrogen-bond acceptors (Lipinski definition) is 3. The summed E-state index contributed by atoms with van der Waals surface area (Å²) in [6.45, 7) is 2.76. The second-order valence-corrected chi connectivity index (χ2v) is 8.65. The van der Waals surface area contributed by atoms with E-state index in [1.165, 1.54) is 36.9 Å². The number of nitrogens with zero attached hydrogens (tertiary/aromatic N) is 1. The summed E-state index contributed by atoms with van der Waals surface area (Å²) in [4.78, 5) is 2.80. The number of sulfonamides is 1. The van der Waals surface area contributed by atoms with Gasteiger partial charge in [-0.3, -0.25) is 0 Å². The average molecular weight is 373 g/mol. The van der Waals surface area contributed by atoms with Crippen LogP contribution < -0.4 is 9.62 Å². The Bertz CT molecular complexity index is 765. The Morgan fingerprint density at radius 2 is 1.50 bits per heavy atom. The first-order valence-electron chi connectivity index (χ1n) is 9.54. The van der Waals surface area contributed by atoms with E-state index >= 15 is 0 Å². The van der Waals surface area contributed by atoms with Crippen molar-refractivity contribution in [2.45, 2.75) is 43.4 Å². The van der Waals surface area contributed by atoms with E-state index in [0.717, 1.165) is 25.9 Å². The molecule has 1 aliphatic heterocycles. The highest BCUT2D eigenvalue weighted by Gasteiger charge is 2.12. The van der Waals surface area contributed by atoms with Gasteiger partial charge in [-0.25, -0.2) is 13.1 Å². The molecule has 0 aliphatic carbocycles. The number of aryl methyl sites for hydroxylation is 1. The molecule has 5 heteroatoms. The van der Waals surface area contributed by atoms with Crippen LogP contribution in [0.4, 0.5) is 5.69 Å². The van der Waals surface area contributed by atoms with E-state index in [2.05, 4.69) is 33.9 Å². The predicted octanol–water partition coefficient (Wildman–Crippen LogP) is 3.98. The number of rotatable bonds is 7. The Morgan fingerprint density at radius 1 is 0.846 bits per heavy atom. The van der Waals surface area contributed by atoms with Gasteiger partial charge in [0.05, 0.1) is 4.90 Å². The van der Waals surface area contributed by atoms with E-state index < -0.39 is 10.0 Å². The summed E-state index contributed by atoms with van der Waals surface area (Å²) in [7, 11) is -3.40. The van der Waals surface area contributed by atoms with E-state index in [9.17, 15) is 8.42 Å². The van der Waals surface area contributed by atoms with Gasteiger partial charge in [0.1, 0.15) is 0 Å². The highest BCUT2D eigenvalue weighted by atomic mass is 32.2. The average Bonchev–Trinajstić information content (AvgIpc) is 2.96. The van der Waals surface area contributed by atoms with Gasteiger partial charge >= 0.3 is 0 Å². The van der Waals surface area contributed by atoms with E-state index in [1.807, 2.05) is 6.07 Å². The first-order chi connectivity index (χ1) is 12.6. The zero-order chi connectivity index (χ0) is 18.2. The fourth-order valence-corrected chi connectivity index (χ4v) is 4.48. The third-order valence-electron chi connectivity index (χ3n) is 4.90. The molecular formula is C21H28N2O2S. The standard InChI is InChI=1S/C21H28N2O2S/c24-26(25,21-10-4-3-5-11-21)22-16-8-9-19-12-14-20(15-13-19)23-17-6-1-2-7-18-23/h3-5,10-15,22H,1-2,6-9,16-18H2. The predicted molar refractivity (Wildman–Crippen MR) is 107 cm³/mol. The number of hydrogen-bond donors (Lipinski definition) is 1. The summed E-state index contributed by atoms with van der Waals surface area (Å²) >= 11 is 0. The van der Waals surface area contributed by atoms with Crippen LogP contribution in [0.1, 0.15) is 37.7 Å². The molecule has 1 aliphatic rings. The van der Waals surface area contributed by atoms with Crippen molar-refractivity contribution in [3.63, 3.8) is 0 Å². The summed E-state index contributed by atoms with van der Waals surface area (Å²) in [5.41, 5.74) is 2.56. The molecule has 1 N–H and O–H groups in total. The molecule has 2 aromatic rings. The van der Waals surface area contributed by atoms with Crippen molar-refractivity contribution in [1.29, 1.82) is 0 Å². The molecule has 140 valence electrons. The zero-order valence-corrected chi connectivity index (χ0v) is 16.0. The fraction of sp³-hybridized carbons (Fsp3) is 0.429. The summed E-state index contributed by atoms with van der Waals surface area (Å²) in [5.74, 6) is 0. The molecule has 4 nitrogen and oxygen atoms in total. The maximum Gasteiger partial charge on any atom is 0.240 e. The number of anilines is 1. The molecule has 1 fully saturated rings. The molecule has 0 radical (unpaired) electrons. The van der Waals surface area contributed by atoms with Crippen molar-refractivity contribution in [2.75, 3.05) is 24.5 Å². The summed E-state index contributed by atoms with van der Waals surface area (Å²) in [5, 5.41) is 0. The summed E-state index contributed by atoms with van der Waals surface area (Å²) < 4.78 is 27.0. The first-order valence-corrected chi connectivity index (χ1v) is 11.0. The summed E-state index contributed by atoms with van der Waals surface area (Å²) in [6.07, 6.45) is 6.90. The quantitative estimate of drug-likeness (QED) is 0.748. The van der Waals surface area contributed by atoms with E-state index in [-0.39, 0.29) is 0 Å². The second kappa shape index (κ2) is 9.19. The van der Waals surface area contributed by atoms with Crippen LogP contribution >= 0.6 is 0 Å². The van der Waals surface area contributed by atoms with Gasteiger partial charge in [0, 0.05) is 25.3 Å². The van der Waals surface area contributed by atoms with Gasteiger partial charge in [0.2, 0.25) is 10.0 Å². The molecule has 1 heterocycles. The third-order valence-corrected chi connectivity index (χ3v) is 6.37. The Labute approximate surface area is 157 Å². The van der Waals surface area contributed by atoms with Gasteiger partial charge in [0.15, 0.2) is 0 Å². The van der Waals surface area contributed by atoms with Crippen LogP contribution in [0.15, 0.2) is 59.5 Å². The van der Waals surface area contributed by atoms with E-state index in [0.29, 0.717) is 11.4 Å². The van der Waals surface area contributed by atoms with Gasteiger partial charge in [0.25, 0.3) is 0 Å². The van der Waals surface area contributed by atoms with Crippen molar-refractivity contribution in [2.24, 2.45) is 0 Å². The lowest BCUT2D eigenvalue weighted by molar-refractivity contribution is 0.579. The maximum absolute atomic E-state index is 12.2. The topological polar surface area (TPSA) is 49.4 Å². The number of nitrogens with one attached hydrogen (secondary N) is 1. The molecule has 0 saturated carbocycles. The van der Waals surface area contributed by atoms with Crippen molar-refractivity contribution >= 4 is 15.7 Å². The van der Waals surface area contributed by atoms with Crippen LogP contribution in [-0.4, -0.2) is 28.1 Å². The van der Waals surface area contributed by atoms with Crippen molar-refractivity contribution in [3.05, 3.63) is 60.2 Å². The van der Waals surface area contributed by atoms with Crippen LogP contribution in [-0.2, 0) is 16.4 Å². The van der Waals surface area contributed by atoms with E-state index in [1.54, 1.807) is 24.3 Å². The van der Waals surface area contributed by atoms with Crippen molar-refractivity contribution < 1.29 is 8.42 Å². The number of benzene rings is 2. The van der Waals surface area contributed by atoms with Crippen LogP contribution in [0.25, 0.3) is 0 Å².